The summed E-state index contributed by atoms with van der Waals surface area (Å²) in [6, 6.07) is 13.6. The van der Waals surface area contributed by atoms with Gasteiger partial charge in [0.15, 0.2) is 5.76 Å². The highest BCUT2D eigenvalue weighted by molar-refractivity contribution is 7.99. The van der Waals surface area contributed by atoms with Crippen LogP contribution in [0.25, 0.3) is 0 Å². The lowest BCUT2D eigenvalue weighted by Crippen LogP contribution is -2.24. The molecule has 0 saturated carbocycles. The zero-order valence-corrected chi connectivity index (χ0v) is 10.8. The molecule has 1 heterocycles. The fraction of sp³-hybridized carbons (Fsp3) is 0.214. The monoisotopic (exact) mass is 261 g/mol. The topological polar surface area (TPSA) is 42.2 Å². The quantitative estimate of drug-likeness (QED) is 0.641. The van der Waals surface area contributed by atoms with E-state index in [4.69, 9.17) is 4.42 Å². The van der Waals surface area contributed by atoms with Crippen molar-refractivity contribution in [1.29, 1.82) is 0 Å². The van der Waals surface area contributed by atoms with Gasteiger partial charge in [-0.3, -0.25) is 4.79 Å². The number of furan rings is 1. The smallest absolute Gasteiger partial charge is 0.286 e. The molecule has 0 spiro atoms. The summed E-state index contributed by atoms with van der Waals surface area (Å²) in [7, 11) is 0. The van der Waals surface area contributed by atoms with Gasteiger partial charge in [0.05, 0.1) is 6.26 Å². The first-order valence-electron chi connectivity index (χ1n) is 5.86. The van der Waals surface area contributed by atoms with E-state index in [1.807, 2.05) is 18.2 Å². The van der Waals surface area contributed by atoms with Gasteiger partial charge in [-0.05, 0) is 36.4 Å². The fourth-order valence-corrected chi connectivity index (χ4v) is 2.35. The molecule has 18 heavy (non-hydrogen) atoms. The second-order valence-corrected chi connectivity index (χ2v) is 4.92. The van der Waals surface area contributed by atoms with Gasteiger partial charge in [0.2, 0.25) is 0 Å². The highest BCUT2D eigenvalue weighted by atomic mass is 32.2. The summed E-state index contributed by atoms with van der Waals surface area (Å²) in [5, 5.41) is 2.83. The first-order chi connectivity index (χ1) is 8.86. The van der Waals surface area contributed by atoms with Gasteiger partial charge in [0.1, 0.15) is 0 Å². The maximum Gasteiger partial charge on any atom is 0.286 e. The third-order valence-electron chi connectivity index (χ3n) is 2.36. The summed E-state index contributed by atoms with van der Waals surface area (Å²) >= 11 is 1.79. The molecule has 0 fully saturated rings. The molecule has 1 aromatic carbocycles. The maximum atomic E-state index is 11.5. The molecule has 0 aliphatic carbocycles. The summed E-state index contributed by atoms with van der Waals surface area (Å²) in [6.07, 6.45) is 2.44. The van der Waals surface area contributed by atoms with E-state index < -0.39 is 0 Å². The maximum absolute atomic E-state index is 11.5. The van der Waals surface area contributed by atoms with E-state index >= 15 is 0 Å². The minimum Gasteiger partial charge on any atom is -0.459 e. The Balaban J connectivity index is 1.61. The van der Waals surface area contributed by atoms with Crippen molar-refractivity contribution in [1.82, 2.24) is 5.32 Å². The minimum atomic E-state index is -0.148. The van der Waals surface area contributed by atoms with E-state index in [1.54, 1.807) is 23.9 Å². The number of hydrogen-bond acceptors (Lipinski definition) is 3. The van der Waals surface area contributed by atoms with Gasteiger partial charge in [0.25, 0.3) is 5.91 Å². The van der Waals surface area contributed by atoms with Crippen LogP contribution in [0.2, 0.25) is 0 Å². The molecule has 4 heteroatoms. The Morgan fingerprint density at radius 1 is 1.17 bits per heavy atom. The molecule has 94 valence electrons. The lowest BCUT2D eigenvalue weighted by atomic mass is 10.4. The lowest BCUT2D eigenvalue weighted by Gasteiger charge is -2.03. The third kappa shape index (κ3) is 3.96. The number of amides is 1. The van der Waals surface area contributed by atoms with Crippen molar-refractivity contribution < 1.29 is 9.21 Å². The average molecular weight is 261 g/mol. The van der Waals surface area contributed by atoms with Crippen molar-refractivity contribution in [2.75, 3.05) is 12.3 Å². The molecule has 2 aromatic rings. The summed E-state index contributed by atoms with van der Waals surface area (Å²) in [5.41, 5.74) is 0. The molecule has 0 saturated heterocycles. The Morgan fingerprint density at radius 3 is 2.72 bits per heavy atom. The molecule has 0 radical (unpaired) electrons. The standard InChI is InChI=1S/C14H15NO2S/c16-14(13-8-4-10-17-13)15-9-5-11-18-12-6-2-1-3-7-12/h1-4,6-8,10H,5,9,11H2,(H,15,16). The number of hydrogen-bond donors (Lipinski definition) is 1. The Labute approximate surface area is 111 Å². The van der Waals surface area contributed by atoms with E-state index in [-0.39, 0.29) is 5.91 Å². The van der Waals surface area contributed by atoms with Crippen molar-refractivity contribution in [3.63, 3.8) is 0 Å². The molecule has 0 aliphatic rings. The molecule has 1 N–H and O–H groups in total. The van der Waals surface area contributed by atoms with E-state index in [0.717, 1.165) is 12.2 Å². The molecular formula is C14H15NO2S. The van der Waals surface area contributed by atoms with Gasteiger partial charge < -0.3 is 9.73 Å². The lowest BCUT2D eigenvalue weighted by molar-refractivity contribution is 0.0926. The van der Waals surface area contributed by atoms with E-state index in [9.17, 15) is 4.79 Å². The molecule has 2 rings (SSSR count). The first-order valence-corrected chi connectivity index (χ1v) is 6.84. The molecule has 0 atom stereocenters. The number of nitrogens with one attached hydrogen (secondary N) is 1. The molecule has 0 unspecified atom stereocenters. The second kappa shape index (κ2) is 6.91. The SMILES string of the molecule is O=C(NCCCSc1ccccc1)c1ccco1. The highest BCUT2D eigenvalue weighted by Gasteiger charge is 2.06. The van der Waals surface area contributed by atoms with Crippen molar-refractivity contribution in [2.24, 2.45) is 0 Å². The minimum absolute atomic E-state index is 0.148. The van der Waals surface area contributed by atoms with E-state index in [2.05, 4.69) is 17.4 Å². The Kier molecular flexibility index (Phi) is 4.90. The van der Waals surface area contributed by atoms with Gasteiger partial charge in [-0.15, -0.1) is 11.8 Å². The predicted molar refractivity (Wildman–Crippen MR) is 72.8 cm³/mol. The highest BCUT2D eigenvalue weighted by Crippen LogP contribution is 2.17. The Morgan fingerprint density at radius 2 is 2.00 bits per heavy atom. The number of carbonyl (C=O) groups is 1. The molecule has 0 aliphatic heterocycles. The summed E-state index contributed by atoms with van der Waals surface area (Å²) in [6.45, 7) is 0.666. The molecular weight excluding hydrogens is 246 g/mol. The van der Waals surface area contributed by atoms with Crippen LogP contribution >= 0.6 is 11.8 Å². The van der Waals surface area contributed by atoms with Crippen molar-refractivity contribution >= 4 is 17.7 Å². The largest absolute Gasteiger partial charge is 0.459 e. The normalized spacial score (nSPS) is 10.2. The van der Waals surface area contributed by atoms with Crippen LogP contribution in [0.15, 0.2) is 58.0 Å². The number of thioether (sulfide) groups is 1. The van der Waals surface area contributed by atoms with Crippen molar-refractivity contribution in [3.05, 3.63) is 54.5 Å². The van der Waals surface area contributed by atoms with Crippen LogP contribution in [0, 0.1) is 0 Å². The van der Waals surface area contributed by atoms with Gasteiger partial charge in [0, 0.05) is 11.4 Å². The molecule has 3 nitrogen and oxygen atoms in total. The number of benzene rings is 1. The number of carbonyl (C=O) groups excluding carboxylic acids is 1. The van der Waals surface area contributed by atoms with Gasteiger partial charge in [-0.2, -0.15) is 0 Å². The van der Waals surface area contributed by atoms with Crippen LogP contribution in [0.3, 0.4) is 0 Å². The summed E-state index contributed by atoms with van der Waals surface area (Å²) < 4.78 is 5.00. The Hall–Kier alpha value is -1.68. The zero-order chi connectivity index (χ0) is 12.6. The molecule has 1 aromatic heterocycles. The summed E-state index contributed by atoms with van der Waals surface area (Å²) in [4.78, 5) is 12.8. The average Bonchev–Trinajstić information content (AvgIpc) is 2.93. The van der Waals surface area contributed by atoms with E-state index in [0.29, 0.717) is 12.3 Å². The third-order valence-corrected chi connectivity index (χ3v) is 3.46. The van der Waals surface area contributed by atoms with Gasteiger partial charge in [-0.25, -0.2) is 0 Å². The summed E-state index contributed by atoms with van der Waals surface area (Å²) in [5.74, 6) is 1.21. The van der Waals surface area contributed by atoms with Crippen LogP contribution in [-0.4, -0.2) is 18.2 Å². The van der Waals surface area contributed by atoms with Crippen LogP contribution in [0.5, 0.6) is 0 Å². The second-order valence-electron chi connectivity index (χ2n) is 3.75. The van der Waals surface area contributed by atoms with Crippen LogP contribution in [0.4, 0.5) is 0 Å². The van der Waals surface area contributed by atoms with E-state index in [1.165, 1.54) is 11.2 Å². The number of rotatable bonds is 6. The van der Waals surface area contributed by atoms with Crippen LogP contribution in [0.1, 0.15) is 17.0 Å². The van der Waals surface area contributed by atoms with Crippen molar-refractivity contribution in [3.8, 4) is 0 Å². The first kappa shape index (κ1) is 12.8. The van der Waals surface area contributed by atoms with Crippen molar-refractivity contribution in [2.45, 2.75) is 11.3 Å². The van der Waals surface area contributed by atoms with Crippen LogP contribution in [-0.2, 0) is 0 Å². The molecule has 1 amide bonds. The van der Waals surface area contributed by atoms with Gasteiger partial charge in [-0.1, -0.05) is 18.2 Å². The zero-order valence-electron chi connectivity index (χ0n) is 9.96. The predicted octanol–water partition coefficient (Wildman–Crippen LogP) is 3.19. The Bertz CT molecular complexity index is 468. The van der Waals surface area contributed by atoms with Crippen LogP contribution < -0.4 is 5.32 Å². The fourth-order valence-electron chi connectivity index (χ4n) is 1.48. The van der Waals surface area contributed by atoms with Gasteiger partial charge >= 0.3 is 0 Å². The molecule has 0 bridgehead atoms.